The number of para-hydroxylation sites is 1. The summed E-state index contributed by atoms with van der Waals surface area (Å²) in [7, 11) is 0. The normalized spacial score (nSPS) is 12.8. The Morgan fingerprint density at radius 1 is 0.463 bits per heavy atom. The van der Waals surface area contributed by atoms with E-state index in [4.69, 9.17) is 9.97 Å². The number of phenols is 1. The van der Waals surface area contributed by atoms with Gasteiger partial charge in [-0.15, -0.1) is 0 Å². The number of imidazole rings is 1. The topological polar surface area (TPSA) is 50.9 Å². The van der Waals surface area contributed by atoms with E-state index in [2.05, 4.69) is 242 Å². The van der Waals surface area contributed by atoms with Gasteiger partial charge in [-0.3, -0.25) is 9.55 Å². The lowest BCUT2D eigenvalue weighted by Crippen LogP contribution is -2.17. The smallest absolute Gasteiger partial charge is 0.149 e. The van der Waals surface area contributed by atoms with Gasteiger partial charge in [-0.25, -0.2) is 4.98 Å². The van der Waals surface area contributed by atoms with Crippen LogP contribution in [0.25, 0.3) is 72.7 Å². The number of pyridine rings is 1. The van der Waals surface area contributed by atoms with Crippen LogP contribution in [0.5, 0.6) is 5.75 Å². The molecule has 0 unspecified atom stereocenters. The molecule has 0 radical (unpaired) electrons. The second-order valence-corrected chi connectivity index (χ2v) is 23.5. The molecule has 8 aromatic rings. The zero-order valence-corrected chi connectivity index (χ0v) is 42.8. The maximum atomic E-state index is 12.6. The van der Waals surface area contributed by atoms with E-state index in [-0.39, 0.29) is 32.8 Å². The van der Waals surface area contributed by atoms with Crippen LogP contribution in [0.1, 0.15) is 138 Å². The van der Waals surface area contributed by atoms with Gasteiger partial charge < -0.3 is 5.11 Å². The van der Waals surface area contributed by atoms with Crippen molar-refractivity contribution in [2.75, 3.05) is 0 Å². The summed E-state index contributed by atoms with van der Waals surface area (Å²) in [5.41, 5.74) is 17.4. The third-order valence-corrected chi connectivity index (χ3v) is 13.9. The van der Waals surface area contributed by atoms with Gasteiger partial charge in [0.05, 0.1) is 28.0 Å². The number of benzene rings is 6. The third-order valence-electron chi connectivity index (χ3n) is 13.9. The molecule has 0 atom stereocenters. The Morgan fingerprint density at radius 3 is 1.70 bits per heavy atom. The van der Waals surface area contributed by atoms with Crippen molar-refractivity contribution in [1.82, 2.24) is 14.5 Å². The molecule has 0 saturated heterocycles. The highest BCUT2D eigenvalue weighted by Gasteiger charge is 2.30. The number of hydrogen-bond donors (Lipinski definition) is 1. The number of phenolic OH excluding ortho intramolecular Hbond substituents is 1. The minimum absolute atomic E-state index is 0.0307. The van der Waals surface area contributed by atoms with Crippen molar-refractivity contribution >= 4 is 11.0 Å². The Balaban J connectivity index is 1.43. The summed E-state index contributed by atoms with van der Waals surface area (Å²) >= 11 is 0. The highest BCUT2D eigenvalue weighted by atomic mass is 16.3. The van der Waals surface area contributed by atoms with Crippen LogP contribution in [-0.4, -0.2) is 19.6 Å². The van der Waals surface area contributed by atoms with E-state index < -0.39 is 0 Å². The van der Waals surface area contributed by atoms with E-state index in [9.17, 15) is 5.11 Å². The first kappa shape index (κ1) is 47.2. The van der Waals surface area contributed by atoms with Crippen molar-refractivity contribution in [3.8, 4) is 67.5 Å². The van der Waals surface area contributed by atoms with Crippen LogP contribution in [0.3, 0.4) is 0 Å². The quantitative estimate of drug-likeness (QED) is 0.165. The summed E-state index contributed by atoms with van der Waals surface area (Å²) in [6, 6.07) is 48.7. The molecule has 0 amide bonds. The van der Waals surface area contributed by atoms with E-state index in [0.717, 1.165) is 78.9 Å². The lowest BCUT2D eigenvalue weighted by molar-refractivity contribution is 0.446. The fourth-order valence-electron chi connectivity index (χ4n) is 9.07. The molecule has 0 aliphatic heterocycles. The Bertz CT molecular complexity index is 3100. The first-order valence-corrected chi connectivity index (χ1v) is 24.2. The van der Waals surface area contributed by atoms with Gasteiger partial charge in [0.25, 0.3) is 0 Å². The molecule has 4 nitrogen and oxygen atoms in total. The van der Waals surface area contributed by atoms with Crippen LogP contribution < -0.4 is 0 Å². The number of aromatic hydroxyl groups is 1. The maximum absolute atomic E-state index is 12.6. The molecule has 2 heterocycles. The number of nitrogens with zero attached hydrogens (tertiary/aromatic N) is 3. The van der Waals surface area contributed by atoms with Crippen LogP contribution in [0.2, 0.25) is 0 Å². The van der Waals surface area contributed by atoms with Crippen LogP contribution in [0.4, 0.5) is 0 Å². The molecule has 67 heavy (non-hydrogen) atoms. The summed E-state index contributed by atoms with van der Waals surface area (Å²) in [6.45, 7) is 33.7. The van der Waals surface area contributed by atoms with Gasteiger partial charge in [-0.2, -0.15) is 0 Å². The number of hydrogen-bond acceptors (Lipinski definition) is 3. The Kier molecular flexibility index (Phi) is 12.1. The molecule has 1 N–H and O–H groups in total. The van der Waals surface area contributed by atoms with Crippen molar-refractivity contribution in [2.24, 2.45) is 0 Å². The number of aromatic nitrogens is 3. The summed E-state index contributed by atoms with van der Waals surface area (Å²) < 4.78 is 2.31. The lowest BCUT2D eigenvalue weighted by Gasteiger charge is -2.28. The fourth-order valence-corrected chi connectivity index (χ4v) is 9.07. The minimum Gasteiger partial charge on any atom is -0.507 e. The monoisotopic (exact) mass is 886 g/mol. The predicted octanol–water partition coefficient (Wildman–Crippen LogP) is 17.3. The molecule has 8 rings (SSSR count). The van der Waals surface area contributed by atoms with E-state index in [1.54, 1.807) is 0 Å². The molecule has 0 saturated carbocycles. The van der Waals surface area contributed by atoms with Crippen LogP contribution in [0.15, 0.2) is 140 Å². The second kappa shape index (κ2) is 17.1. The molecule has 344 valence electrons. The van der Waals surface area contributed by atoms with Crippen LogP contribution >= 0.6 is 0 Å². The SMILES string of the molecule is CCC(C)(C)c1ccc(-n2c(-c3cc(C(C)(C)C)cc(C(C)(C)C)c3O)nc3c(-c4cc(-c5cc(-c6ccc(C(C)(C)C)cc6)ccn5)cc(C(C)(C)C)c4)cccc32)c(-c2ccccc2)c1. The molecule has 0 aliphatic rings. The fraction of sp³-hybridized carbons (Fsp3) is 0.333. The molecule has 0 bridgehead atoms. The van der Waals surface area contributed by atoms with Crippen molar-refractivity contribution in [3.05, 3.63) is 167 Å². The molecule has 0 aliphatic carbocycles. The van der Waals surface area contributed by atoms with Crippen LogP contribution in [-0.2, 0) is 27.1 Å². The highest BCUT2D eigenvalue weighted by molar-refractivity contribution is 5.98. The Labute approximate surface area is 401 Å². The molecular formula is C63H71N3O. The van der Waals surface area contributed by atoms with E-state index in [1.165, 1.54) is 22.3 Å². The lowest BCUT2D eigenvalue weighted by atomic mass is 9.78. The maximum Gasteiger partial charge on any atom is 0.149 e. The van der Waals surface area contributed by atoms with Gasteiger partial charge in [0, 0.05) is 28.5 Å². The molecule has 0 fully saturated rings. The van der Waals surface area contributed by atoms with E-state index in [0.29, 0.717) is 5.82 Å². The summed E-state index contributed by atoms with van der Waals surface area (Å²) in [5.74, 6) is 0.968. The average Bonchev–Trinajstić information content (AvgIpc) is 3.67. The van der Waals surface area contributed by atoms with Gasteiger partial charge in [0.15, 0.2) is 0 Å². The third kappa shape index (κ3) is 9.38. The van der Waals surface area contributed by atoms with Gasteiger partial charge in [0.1, 0.15) is 11.6 Å². The number of fused-ring (bicyclic) bond motifs is 1. The standard InChI is InChI=1S/C63H71N3O/c1-16-63(14,15)46-29-30-54(50(37-46)41-21-18-17-19-22-41)66-55-24-20-23-49(56(55)65-58(66)51-38-48(61(8,9)10)39-52(57(51)67)62(11,12)13)43-33-44(35-47(34-43)60(5,6)7)53-36-42(31-32-64-53)40-25-27-45(28-26-40)59(2,3)4/h17-39,67H,16H2,1-15H3. The predicted molar refractivity (Wildman–Crippen MR) is 286 cm³/mol. The molecule has 2 aromatic heterocycles. The minimum atomic E-state index is -0.324. The largest absolute Gasteiger partial charge is 0.507 e. The van der Waals surface area contributed by atoms with Crippen molar-refractivity contribution < 1.29 is 5.11 Å². The highest BCUT2D eigenvalue weighted by Crippen LogP contribution is 2.46. The molecule has 0 spiro atoms. The number of rotatable bonds is 8. The molecule has 4 heteroatoms. The van der Waals surface area contributed by atoms with Crippen molar-refractivity contribution in [2.45, 2.75) is 137 Å². The van der Waals surface area contributed by atoms with Crippen molar-refractivity contribution in [3.63, 3.8) is 0 Å². The Hall–Kier alpha value is -6.26. The van der Waals surface area contributed by atoms with Crippen molar-refractivity contribution in [1.29, 1.82) is 0 Å². The first-order valence-electron chi connectivity index (χ1n) is 24.2. The van der Waals surface area contributed by atoms with Gasteiger partial charge >= 0.3 is 0 Å². The second-order valence-electron chi connectivity index (χ2n) is 23.5. The first-order chi connectivity index (χ1) is 31.3. The van der Waals surface area contributed by atoms with Crippen LogP contribution in [0, 0.1) is 0 Å². The summed E-state index contributed by atoms with van der Waals surface area (Å²) in [4.78, 5) is 10.7. The zero-order valence-electron chi connectivity index (χ0n) is 42.8. The molecular weight excluding hydrogens is 815 g/mol. The van der Waals surface area contributed by atoms with E-state index in [1.807, 2.05) is 6.20 Å². The summed E-state index contributed by atoms with van der Waals surface area (Å²) in [5, 5.41) is 12.6. The van der Waals surface area contributed by atoms with Gasteiger partial charge in [0.2, 0.25) is 0 Å². The zero-order chi connectivity index (χ0) is 48.4. The van der Waals surface area contributed by atoms with Gasteiger partial charge in [-0.05, 0) is 127 Å². The Morgan fingerprint density at radius 2 is 1.07 bits per heavy atom. The summed E-state index contributed by atoms with van der Waals surface area (Å²) in [6.07, 6.45) is 2.94. The van der Waals surface area contributed by atoms with E-state index >= 15 is 0 Å². The average molecular weight is 886 g/mol. The van der Waals surface area contributed by atoms with Gasteiger partial charge in [-0.1, -0.05) is 189 Å². The molecule has 6 aromatic carbocycles.